The van der Waals surface area contributed by atoms with Gasteiger partial charge in [-0.2, -0.15) is 0 Å². The van der Waals surface area contributed by atoms with E-state index in [-0.39, 0.29) is 9.13 Å². The smallest absolute Gasteiger partial charge is 0.338 e. The van der Waals surface area contributed by atoms with Crippen molar-refractivity contribution in [2.24, 2.45) is 0 Å². The molecule has 0 radical (unpaired) electrons. The van der Waals surface area contributed by atoms with Crippen LogP contribution in [-0.4, -0.2) is 18.2 Å². The van der Waals surface area contributed by atoms with Crippen LogP contribution in [0.25, 0.3) is 0 Å². The summed E-state index contributed by atoms with van der Waals surface area (Å²) in [7, 11) is 1.40. The molecule has 0 heterocycles. The SMILES string of the molecule is COc1ccc(C(=O)O)c(F)c1I. The highest BCUT2D eigenvalue weighted by molar-refractivity contribution is 14.1. The van der Waals surface area contributed by atoms with E-state index in [1.165, 1.54) is 19.2 Å². The van der Waals surface area contributed by atoms with E-state index in [9.17, 15) is 9.18 Å². The molecular formula is C8H6FIO3. The maximum atomic E-state index is 13.2. The summed E-state index contributed by atoms with van der Waals surface area (Å²) in [6.07, 6.45) is 0. The zero-order valence-corrected chi connectivity index (χ0v) is 8.83. The summed E-state index contributed by atoms with van der Waals surface area (Å²) in [5, 5.41) is 8.57. The number of methoxy groups -OCH3 is 1. The number of carboxylic acid groups (broad SMARTS) is 1. The van der Waals surface area contributed by atoms with Gasteiger partial charge in [-0.3, -0.25) is 0 Å². The van der Waals surface area contributed by atoms with Gasteiger partial charge >= 0.3 is 5.97 Å². The first-order valence-corrected chi connectivity index (χ1v) is 4.41. The summed E-state index contributed by atoms with van der Waals surface area (Å²) in [5.74, 6) is -1.70. The van der Waals surface area contributed by atoms with Crippen LogP contribution in [0.5, 0.6) is 5.75 Å². The molecule has 0 saturated carbocycles. The summed E-state index contributed by atoms with van der Waals surface area (Å²) in [6.45, 7) is 0. The van der Waals surface area contributed by atoms with Crippen molar-refractivity contribution in [1.29, 1.82) is 0 Å². The molecule has 0 aliphatic rings. The van der Waals surface area contributed by atoms with Crippen LogP contribution < -0.4 is 4.74 Å². The molecule has 1 aromatic rings. The molecule has 0 unspecified atom stereocenters. The average molecular weight is 296 g/mol. The summed E-state index contributed by atoms with van der Waals surface area (Å²) in [4.78, 5) is 10.5. The fourth-order valence-corrected chi connectivity index (χ4v) is 1.55. The van der Waals surface area contributed by atoms with Crippen LogP contribution in [0.2, 0.25) is 0 Å². The first kappa shape index (κ1) is 10.2. The van der Waals surface area contributed by atoms with Gasteiger partial charge in [0.2, 0.25) is 0 Å². The Morgan fingerprint density at radius 3 is 2.69 bits per heavy atom. The molecule has 0 atom stereocenters. The number of carbonyl (C=O) groups is 1. The van der Waals surface area contributed by atoms with E-state index >= 15 is 0 Å². The largest absolute Gasteiger partial charge is 0.496 e. The number of hydrogen-bond acceptors (Lipinski definition) is 2. The van der Waals surface area contributed by atoms with Gasteiger partial charge in [0.25, 0.3) is 0 Å². The summed E-state index contributed by atoms with van der Waals surface area (Å²) < 4.78 is 18.2. The van der Waals surface area contributed by atoms with E-state index < -0.39 is 11.8 Å². The third-order valence-corrected chi connectivity index (χ3v) is 2.50. The van der Waals surface area contributed by atoms with Crippen LogP contribution >= 0.6 is 22.6 Å². The molecule has 13 heavy (non-hydrogen) atoms. The van der Waals surface area contributed by atoms with Gasteiger partial charge in [-0.1, -0.05) is 0 Å². The van der Waals surface area contributed by atoms with Crippen molar-refractivity contribution in [3.05, 3.63) is 27.1 Å². The van der Waals surface area contributed by atoms with Crippen LogP contribution in [0.15, 0.2) is 12.1 Å². The minimum Gasteiger partial charge on any atom is -0.496 e. The quantitative estimate of drug-likeness (QED) is 0.851. The van der Waals surface area contributed by atoms with Gasteiger partial charge in [0.05, 0.1) is 16.2 Å². The molecule has 0 amide bonds. The van der Waals surface area contributed by atoms with Gasteiger partial charge in [-0.05, 0) is 34.7 Å². The van der Waals surface area contributed by atoms with Crippen molar-refractivity contribution in [1.82, 2.24) is 0 Å². The highest BCUT2D eigenvalue weighted by Crippen LogP contribution is 2.25. The Balaban J connectivity index is 3.31. The van der Waals surface area contributed by atoms with Crippen molar-refractivity contribution < 1.29 is 19.0 Å². The van der Waals surface area contributed by atoms with E-state index in [1.54, 1.807) is 22.6 Å². The number of carboxylic acids is 1. The Bertz CT molecular complexity index is 351. The van der Waals surface area contributed by atoms with Gasteiger partial charge in [-0.25, -0.2) is 9.18 Å². The second-order valence-corrected chi connectivity index (χ2v) is 3.33. The molecule has 0 fully saturated rings. The van der Waals surface area contributed by atoms with E-state index in [0.717, 1.165) is 0 Å². The highest BCUT2D eigenvalue weighted by Gasteiger charge is 2.15. The minimum absolute atomic E-state index is 0.181. The lowest BCUT2D eigenvalue weighted by Gasteiger charge is -2.05. The molecule has 70 valence electrons. The molecule has 1 rings (SSSR count). The number of aromatic carboxylic acids is 1. The first-order valence-electron chi connectivity index (χ1n) is 3.33. The van der Waals surface area contributed by atoms with Crippen molar-refractivity contribution in [2.45, 2.75) is 0 Å². The monoisotopic (exact) mass is 296 g/mol. The summed E-state index contributed by atoms with van der Waals surface area (Å²) in [5.41, 5.74) is -0.342. The van der Waals surface area contributed by atoms with Crippen LogP contribution in [0, 0.1) is 9.39 Å². The van der Waals surface area contributed by atoms with Gasteiger partial charge in [0.15, 0.2) is 5.82 Å². The van der Waals surface area contributed by atoms with Gasteiger partial charge in [-0.15, -0.1) is 0 Å². The second kappa shape index (κ2) is 3.91. The van der Waals surface area contributed by atoms with E-state index in [1.807, 2.05) is 0 Å². The topological polar surface area (TPSA) is 46.5 Å². The molecule has 1 N–H and O–H groups in total. The molecular weight excluding hydrogens is 290 g/mol. The lowest BCUT2D eigenvalue weighted by atomic mass is 10.2. The van der Waals surface area contributed by atoms with E-state index in [0.29, 0.717) is 5.75 Å². The second-order valence-electron chi connectivity index (χ2n) is 2.25. The summed E-state index contributed by atoms with van der Waals surface area (Å²) >= 11 is 1.70. The Kier molecular flexibility index (Phi) is 3.07. The lowest BCUT2D eigenvalue weighted by Crippen LogP contribution is -2.03. The fourth-order valence-electron chi connectivity index (χ4n) is 0.855. The van der Waals surface area contributed by atoms with Crippen LogP contribution in [-0.2, 0) is 0 Å². The number of benzene rings is 1. The maximum absolute atomic E-state index is 13.2. The number of ether oxygens (including phenoxy) is 1. The Hall–Kier alpha value is -0.850. The molecule has 0 spiro atoms. The van der Waals surface area contributed by atoms with Crippen molar-refractivity contribution in [2.75, 3.05) is 7.11 Å². The van der Waals surface area contributed by atoms with Crippen LogP contribution in [0.4, 0.5) is 4.39 Å². The molecule has 0 bridgehead atoms. The van der Waals surface area contributed by atoms with Gasteiger partial charge in [0.1, 0.15) is 5.75 Å². The average Bonchev–Trinajstić information content (AvgIpc) is 2.09. The zero-order chi connectivity index (χ0) is 10.0. The van der Waals surface area contributed by atoms with Crippen molar-refractivity contribution >= 4 is 28.6 Å². The lowest BCUT2D eigenvalue weighted by molar-refractivity contribution is 0.0691. The Morgan fingerprint density at radius 1 is 1.62 bits per heavy atom. The first-order chi connectivity index (χ1) is 6.07. The molecule has 5 heteroatoms. The summed E-state index contributed by atoms with van der Waals surface area (Å²) in [6, 6.07) is 2.60. The number of hydrogen-bond donors (Lipinski definition) is 1. The molecule has 0 aliphatic carbocycles. The predicted octanol–water partition coefficient (Wildman–Crippen LogP) is 2.14. The van der Waals surface area contributed by atoms with E-state index in [2.05, 4.69) is 0 Å². The third-order valence-electron chi connectivity index (χ3n) is 1.50. The third kappa shape index (κ3) is 1.90. The standard InChI is InChI=1S/C8H6FIO3/c1-13-5-3-2-4(8(11)12)6(9)7(5)10/h2-3H,1H3,(H,11,12). The molecule has 0 aliphatic heterocycles. The molecule has 3 nitrogen and oxygen atoms in total. The fraction of sp³-hybridized carbons (Fsp3) is 0.125. The van der Waals surface area contributed by atoms with E-state index in [4.69, 9.17) is 9.84 Å². The van der Waals surface area contributed by atoms with Crippen LogP contribution in [0.3, 0.4) is 0 Å². The molecule has 1 aromatic carbocycles. The zero-order valence-electron chi connectivity index (χ0n) is 6.67. The van der Waals surface area contributed by atoms with Gasteiger partial charge in [0, 0.05) is 0 Å². The highest BCUT2D eigenvalue weighted by atomic mass is 127. The Labute approximate surface area is 87.7 Å². The number of halogens is 2. The molecule has 0 aromatic heterocycles. The molecule has 0 saturated heterocycles. The normalized spacial score (nSPS) is 9.77. The minimum atomic E-state index is -1.28. The van der Waals surface area contributed by atoms with Crippen molar-refractivity contribution in [3.63, 3.8) is 0 Å². The Morgan fingerprint density at radius 2 is 2.23 bits per heavy atom. The maximum Gasteiger partial charge on any atom is 0.338 e. The van der Waals surface area contributed by atoms with Crippen LogP contribution in [0.1, 0.15) is 10.4 Å². The van der Waals surface area contributed by atoms with Crippen molar-refractivity contribution in [3.8, 4) is 5.75 Å². The predicted molar refractivity (Wildman–Crippen MR) is 52.6 cm³/mol. The number of rotatable bonds is 2. The van der Waals surface area contributed by atoms with Gasteiger partial charge < -0.3 is 9.84 Å².